The zero-order chi connectivity index (χ0) is 13.9. The molecule has 0 bridgehead atoms. The molecule has 0 spiro atoms. The number of aryl methyl sites for hydroxylation is 1. The maximum atomic E-state index is 12.0. The summed E-state index contributed by atoms with van der Waals surface area (Å²) in [5.74, 6) is -1.08. The van der Waals surface area contributed by atoms with Crippen molar-refractivity contribution in [3.05, 3.63) is 23.7 Å². The summed E-state index contributed by atoms with van der Waals surface area (Å²) in [7, 11) is 0. The summed E-state index contributed by atoms with van der Waals surface area (Å²) in [6.45, 7) is 7.42. The van der Waals surface area contributed by atoms with Crippen molar-refractivity contribution in [2.75, 3.05) is 0 Å². The Bertz CT molecular complexity index is 442. The zero-order valence-electron chi connectivity index (χ0n) is 11.1. The smallest absolute Gasteiger partial charge is 0.305 e. The molecule has 0 aromatic carbocycles. The number of aliphatic carboxylic acids is 1. The average Bonchev–Trinajstić information content (AvgIpc) is 2.61. The molecule has 0 fully saturated rings. The third-order valence-corrected chi connectivity index (χ3v) is 2.80. The summed E-state index contributed by atoms with van der Waals surface area (Å²) in [5.41, 5.74) is 0.393. The van der Waals surface area contributed by atoms with E-state index in [4.69, 9.17) is 9.52 Å². The van der Waals surface area contributed by atoms with Crippen LogP contribution in [0.25, 0.3) is 0 Å². The van der Waals surface area contributed by atoms with Crippen LogP contribution in [0.4, 0.5) is 0 Å². The van der Waals surface area contributed by atoms with E-state index in [-0.39, 0.29) is 23.5 Å². The monoisotopic (exact) mass is 253 g/mol. The third-order valence-electron chi connectivity index (χ3n) is 2.80. The van der Waals surface area contributed by atoms with E-state index in [1.54, 1.807) is 13.0 Å². The molecule has 1 atom stereocenters. The number of hydrogen-bond acceptors (Lipinski definition) is 3. The molecule has 0 aliphatic rings. The van der Waals surface area contributed by atoms with Crippen molar-refractivity contribution in [1.82, 2.24) is 5.32 Å². The second kappa shape index (κ2) is 5.25. The first-order valence-electron chi connectivity index (χ1n) is 5.78. The molecule has 1 rings (SSSR count). The number of carbonyl (C=O) groups excluding carboxylic acids is 1. The van der Waals surface area contributed by atoms with Crippen LogP contribution in [-0.4, -0.2) is 23.0 Å². The SMILES string of the molecule is Cc1ccoc1C(=O)NC(CC(=O)O)C(C)(C)C. The van der Waals surface area contributed by atoms with Crippen LogP contribution >= 0.6 is 0 Å². The van der Waals surface area contributed by atoms with Gasteiger partial charge < -0.3 is 14.8 Å². The summed E-state index contributed by atoms with van der Waals surface area (Å²) in [4.78, 5) is 22.8. The molecule has 1 amide bonds. The van der Waals surface area contributed by atoms with Crippen molar-refractivity contribution < 1.29 is 19.1 Å². The van der Waals surface area contributed by atoms with Gasteiger partial charge in [-0.25, -0.2) is 0 Å². The van der Waals surface area contributed by atoms with Gasteiger partial charge in [0, 0.05) is 11.6 Å². The van der Waals surface area contributed by atoms with Gasteiger partial charge in [-0.05, 0) is 18.4 Å². The number of nitrogens with one attached hydrogen (secondary N) is 1. The van der Waals surface area contributed by atoms with Gasteiger partial charge >= 0.3 is 5.97 Å². The van der Waals surface area contributed by atoms with Crippen molar-refractivity contribution in [2.24, 2.45) is 5.41 Å². The summed E-state index contributed by atoms with van der Waals surface area (Å²) in [6, 6.07) is 1.24. The number of hydrogen-bond donors (Lipinski definition) is 2. The lowest BCUT2D eigenvalue weighted by atomic mass is 9.84. The lowest BCUT2D eigenvalue weighted by molar-refractivity contribution is -0.138. The Kier molecular flexibility index (Phi) is 4.16. The molecule has 0 saturated heterocycles. The number of rotatable bonds is 4. The minimum atomic E-state index is -0.939. The highest BCUT2D eigenvalue weighted by Crippen LogP contribution is 2.22. The van der Waals surface area contributed by atoms with Gasteiger partial charge in [-0.15, -0.1) is 0 Å². The summed E-state index contributed by atoms with van der Waals surface area (Å²) in [6.07, 6.45) is 1.32. The summed E-state index contributed by atoms with van der Waals surface area (Å²) in [5, 5.41) is 11.6. The van der Waals surface area contributed by atoms with E-state index >= 15 is 0 Å². The third kappa shape index (κ3) is 3.61. The normalized spacial score (nSPS) is 13.1. The minimum absolute atomic E-state index is 0.116. The molecule has 1 unspecified atom stereocenters. The first-order valence-corrected chi connectivity index (χ1v) is 5.78. The highest BCUT2D eigenvalue weighted by Gasteiger charge is 2.29. The van der Waals surface area contributed by atoms with E-state index in [1.807, 2.05) is 20.8 Å². The van der Waals surface area contributed by atoms with Crippen molar-refractivity contribution in [3.8, 4) is 0 Å². The Morgan fingerprint density at radius 3 is 2.44 bits per heavy atom. The van der Waals surface area contributed by atoms with Gasteiger partial charge in [0.2, 0.25) is 0 Å². The largest absolute Gasteiger partial charge is 0.481 e. The van der Waals surface area contributed by atoms with Gasteiger partial charge in [-0.1, -0.05) is 20.8 Å². The molecule has 0 aliphatic carbocycles. The maximum absolute atomic E-state index is 12.0. The Morgan fingerprint density at radius 1 is 1.44 bits per heavy atom. The molecule has 1 heterocycles. The Morgan fingerprint density at radius 2 is 2.06 bits per heavy atom. The van der Waals surface area contributed by atoms with Crippen LogP contribution in [0.5, 0.6) is 0 Å². The average molecular weight is 253 g/mol. The highest BCUT2D eigenvalue weighted by atomic mass is 16.4. The fraction of sp³-hybridized carbons (Fsp3) is 0.538. The van der Waals surface area contributed by atoms with Gasteiger partial charge in [0.25, 0.3) is 5.91 Å². The number of carbonyl (C=O) groups is 2. The van der Waals surface area contributed by atoms with E-state index in [2.05, 4.69) is 5.32 Å². The summed E-state index contributed by atoms with van der Waals surface area (Å²) < 4.78 is 5.09. The predicted molar refractivity (Wildman–Crippen MR) is 66.4 cm³/mol. The van der Waals surface area contributed by atoms with Gasteiger partial charge in [-0.3, -0.25) is 9.59 Å². The van der Waals surface area contributed by atoms with E-state index in [1.165, 1.54) is 6.26 Å². The predicted octanol–water partition coefficient (Wildman–Crippen LogP) is 2.21. The number of carboxylic acid groups (broad SMARTS) is 1. The maximum Gasteiger partial charge on any atom is 0.305 e. The Balaban J connectivity index is 2.82. The lowest BCUT2D eigenvalue weighted by Crippen LogP contribution is -2.45. The number of furan rings is 1. The van der Waals surface area contributed by atoms with Gasteiger partial charge in [0.1, 0.15) is 0 Å². The minimum Gasteiger partial charge on any atom is -0.481 e. The van der Waals surface area contributed by atoms with Crippen LogP contribution < -0.4 is 5.32 Å². The molecule has 5 nitrogen and oxygen atoms in total. The van der Waals surface area contributed by atoms with E-state index < -0.39 is 12.0 Å². The van der Waals surface area contributed by atoms with Gasteiger partial charge in [-0.2, -0.15) is 0 Å². The molecule has 0 aliphatic heterocycles. The first-order chi connectivity index (χ1) is 8.21. The van der Waals surface area contributed by atoms with Crippen molar-refractivity contribution >= 4 is 11.9 Å². The zero-order valence-corrected chi connectivity index (χ0v) is 11.1. The molecule has 100 valence electrons. The van der Waals surface area contributed by atoms with Crippen LogP contribution in [0.1, 0.15) is 43.3 Å². The standard InChI is InChI=1S/C13H19NO4/c1-8-5-6-18-11(8)12(17)14-9(7-10(15)16)13(2,3)4/h5-6,9H,7H2,1-4H3,(H,14,17)(H,15,16). The molecule has 0 radical (unpaired) electrons. The van der Waals surface area contributed by atoms with Crippen LogP contribution in [-0.2, 0) is 4.79 Å². The molecular weight excluding hydrogens is 234 g/mol. The van der Waals surface area contributed by atoms with Gasteiger partial charge in [0.05, 0.1) is 12.7 Å². The Labute approximate surface area is 106 Å². The topological polar surface area (TPSA) is 79.5 Å². The molecule has 18 heavy (non-hydrogen) atoms. The van der Waals surface area contributed by atoms with E-state index in [0.29, 0.717) is 0 Å². The Hall–Kier alpha value is -1.78. The molecule has 5 heteroatoms. The quantitative estimate of drug-likeness (QED) is 0.862. The van der Waals surface area contributed by atoms with Crippen molar-refractivity contribution in [3.63, 3.8) is 0 Å². The molecule has 1 aromatic rings. The molecule has 2 N–H and O–H groups in total. The second-order valence-electron chi connectivity index (χ2n) is 5.42. The van der Waals surface area contributed by atoms with Crippen molar-refractivity contribution in [1.29, 1.82) is 0 Å². The van der Waals surface area contributed by atoms with E-state index in [0.717, 1.165) is 5.56 Å². The molecule has 0 saturated carbocycles. The van der Waals surface area contributed by atoms with Crippen LogP contribution in [0.15, 0.2) is 16.7 Å². The van der Waals surface area contributed by atoms with E-state index in [9.17, 15) is 9.59 Å². The number of carboxylic acids is 1. The van der Waals surface area contributed by atoms with Gasteiger partial charge in [0.15, 0.2) is 5.76 Å². The summed E-state index contributed by atoms with van der Waals surface area (Å²) >= 11 is 0. The van der Waals surface area contributed by atoms with Crippen LogP contribution in [0, 0.1) is 12.3 Å². The molecular formula is C13H19NO4. The fourth-order valence-electron chi connectivity index (χ4n) is 1.58. The lowest BCUT2D eigenvalue weighted by Gasteiger charge is -2.30. The van der Waals surface area contributed by atoms with Crippen molar-refractivity contribution in [2.45, 2.75) is 40.2 Å². The molecule has 1 aromatic heterocycles. The highest BCUT2D eigenvalue weighted by molar-refractivity contribution is 5.93. The van der Waals surface area contributed by atoms with Crippen LogP contribution in [0.3, 0.4) is 0 Å². The first kappa shape index (κ1) is 14.3. The fourth-order valence-corrected chi connectivity index (χ4v) is 1.58. The number of amides is 1. The van der Waals surface area contributed by atoms with Crippen LogP contribution in [0.2, 0.25) is 0 Å². The second-order valence-corrected chi connectivity index (χ2v) is 5.42.